The quantitative estimate of drug-likeness (QED) is 0.800. The zero-order valence-electron chi connectivity index (χ0n) is 11.5. The fraction of sp³-hybridized carbons (Fsp3) is 0.267. The molecule has 1 aliphatic heterocycles. The van der Waals surface area contributed by atoms with Crippen LogP contribution in [0.25, 0.3) is 0 Å². The lowest BCUT2D eigenvalue weighted by atomic mass is 10.1. The zero-order valence-corrected chi connectivity index (χ0v) is 11.5. The first kappa shape index (κ1) is 12.6. The third-order valence-corrected chi connectivity index (χ3v) is 3.63. The predicted molar refractivity (Wildman–Crippen MR) is 74.6 cm³/mol. The summed E-state index contributed by atoms with van der Waals surface area (Å²) in [5, 5.41) is 0. The van der Waals surface area contributed by atoms with Crippen molar-refractivity contribution in [3.63, 3.8) is 0 Å². The van der Waals surface area contributed by atoms with Gasteiger partial charge in [-0.2, -0.15) is 0 Å². The van der Waals surface area contributed by atoms with E-state index < -0.39 is 11.7 Å². The smallest absolute Gasteiger partial charge is 0.299 e. The maximum atomic E-state index is 12.2. The van der Waals surface area contributed by atoms with Crippen molar-refractivity contribution in [1.82, 2.24) is 9.55 Å². The minimum Gasteiger partial charge on any atom is -0.334 e. The minimum absolute atomic E-state index is 0.323. The van der Waals surface area contributed by atoms with Crippen LogP contribution >= 0.6 is 0 Å². The van der Waals surface area contributed by atoms with Crippen molar-refractivity contribution in [2.75, 3.05) is 4.90 Å². The molecule has 0 spiro atoms. The highest BCUT2D eigenvalue weighted by Crippen LogP contribution is 2.33. The van der Waals surface area contributed by atoms with E-state index in [9.17, 15) is 9.59 Å². The van der Waals surface area contributed by atoms with Gasteiger partial charge in [0, 0.05) is 18.9 Å². The molecule has 0 saturated heterocycles. The molecule has 0 bridgehead atoms. The Morgan fingerprint density at radius 1 is 1.25 bits per heavy atom. The maximum Gasteiger partial charge on any atom is 0.299 e. The van der Waals surface area contributed by atoms with E-state index in [0.29, 0.717) is 17.8 Å². The number of aryl methyl sites for hydroxylation is 2. The topological polar surface area (TPSA) is 55.2 Å². The van der Waals surface area contributed by atoms with Gasteiger partial charge in [0.1, 0.15) is 5.82 Å². The molecule has 0 aliphatic carbocycles. The number of rotatable bonds is 3. The highest BCUT2D eigenvalue weighted by molar-refractivity contribution is 6.52. The molecule has 0 N–H and O–H groups in total. The largest absolute Gasteiger partial charge is 0.334 e. The summed E-state index contributed by atoms with van der Waals surface area (Å²) >= 11 is 0. The summed E-state index contributed by atoms with van der Waals surface area (Å²) in [6, 6.07) is 5.41. The summed E-state index contributed by atoms with van der Waals surface area (Å²) in [7, 11) is 0. The number of fused-ring (bicyclic) bond motifs is 1. The Balaban J connectivity index is 2.03. The molecule has 0 saturated carbocycles. The van der Waals surface area contributed by atoms with Gasteiger partial charge in [-0.25, -0.2) is 4.98 Å². The first-order valence-electron chi connectivity index (χ1n) is 6.59. The Kier molecular flexibility index (Phi) is 2.89. The second-order valence-corrected chi connectivity index (χ2v) is 4.82. The van der Waals surface area contributed by atoms with Crippen LogP contribution in [-0.4, -0.2) is 21.2 Å². The molecule has 20 heavy (non-hydrogen) atoms. The molecule has 0 atom stereocenters. The molecule has 0 radical (unpaired) electrons. The van der Waals surface area contributed by atoms with Gasteiger partial charge in [0.25, 0.3) is 11.7 Å². The van der Waals surface area contributed by atoms with Gasteiger partial charge in [-0.1, -0.05) is 12.1 Å². The summed E-state index contributed by atoms with van der Waals surface area (Å²) < 4.78 is 1.97. The molecule has 1 aliphatic rings. The third-order valence-electron chi connectivity index (χ3n) is 3.63. The monoisotopic (exact) mass is 269 g/mol. The first-order valence-corrected chi connectivity index (χ1v) is 6.59. The molecule has 2 heterocycles. The Morgan fingerprint density at radius 3 is 2.80 bits per heavy atom. The SMILES string of the molecule is CCn1ccnc1CN1C(=O)C(=O)c2cccc(C)c21. The predicted octanol–water partition coefficient (Wildman–Crippen LogP) is 1.94. The van der Waals surface area contributed by atoms with Crippen molar-refractivity contribution < 1.29 is 9.59 Å². The Labute approximate surface area is 116 Å². The van der Waals surface area contributed by atoms with Crippen molar-refractivity contribution in [1.29, 1.82) is 0 Å². The van der Waals surface area contributed by atoms with E-state index in [1.807, 2.05) is 30.7 Å². The molecule has 1 aromatic heterocycles. The van der Waals surface area contributed by atoms with Gasteiger partial charge in [0.15, 0.2) is 0 Å². The second-order valence-electron chi connectivity index (χ2n) is 4.82. The van der Waals surface area contributed by atoms with E-state index in [1.54, 1.807) is 18.3 Å². The van der Waals surface area contributed by atoms with Gasteiger partial charge in [-0.15, -0.1) is 0 Å². The molecule has 102 valence electrons. The number of hydrogen-bond acceptors (Lipinski definition) is 3. The standard InChI is InChI=1S/C15H15N3O2/c1-3-17-8-7-16-12(17)9-18-13-10(2)5-4-6-11(13)14(19)15(18)20/h4-8H,3,9H2,1-2H3. The number of carbonyl (C=O) groups is 2. The molecule has 2 aromatic rings. The Hall–Kier alpha value is -2.43. The number of anilines is 1. The van der Waals surface area contributed by atoms with Gasteiger partial charge < -0.3 is 4.57 Å². The van der Waals surface area contributed by atoms with Crippen molar-refractivity contribution in [2.45, 2.75) is 26.9 Å². The van der Waals surface area contributed by atoms with Gasteiger partial charge in [-0.3, -0.25) is 14.5 Å². The van der Waals surface area contributed by atoms with Gasteiger partial charge in [0.2, 0.25) is 0 Å². The number of nitrogens with zero attached hydrogens (tertiary/aromatic N) is 3. The molecule has 0 unspecified atom stereocenters. The molecular formula is C15H15N3O2. The second kappa shape index (κ2) is 4.59. The van der Waals surface area contributed by atoms with Crippen molar-refractivity contribution in [3.05, 3.63) is 47.5 Å². The van der Waals surface area contributed by atoms with E-state index in [4.69, 9.17) is 0 Å². The van der Waals surface area contributed by atoms with Crippen molar-refractivity contribution >= 4 is 17.4 Å². The molecule has 5 heteroatoms. The van der Waals surface area contributed by atoms with Crippen molar-refractivity contribution in [2.24, 2.45) is 0 Å². The van der Waals surface area contributed by atoms with Crippen LogP contribution in [0.2, 0.25) is 0 Å². The molecule has 1 amide bonds. The minimum atomic E-state index is -0.472. The summed E-state index contributed by atoms with van der Waals surface area (Å²) in [6.45, 7) is 5.03. The van der Waals surface area contributed by atoms with Gasteiger partial charge in [0.05, 0.1) is 17.8 Å². The Morgan fingerprint density at radius 2 is 2.05 bits per heavy atom. The van der Waals surface area contributed by atoms with Crippen LogP contribution in [0.5, 0.6) is 0 Å². The summed E-state index contributed by atoms with van der Waals surface area (Å²) in [6.07, 6.45) is 3.58. The number of Topliss-reactive ketones (excluding diaryl/α,β-unsaturated/α-hetero) is 1. The van der Waals surface area contributed by atoms with Gasteiger partial charge in [-0.05, 0) is 25.5 Å². The lowest BCUT2D eigenvalue weighted by Gasteiger charge is -2.18. The normalized spacial score (nSPS) is 14.0. The highest BCUT2D eigenvalue weighted by Gasteiger charge is 2.37. The Bertz CT molecular complexity index is 703. The fourth-order valence-electron chi connectivity index (χ4n) is 2.61. The average molecular weight is 269 g/mol. The molecule has 5 nitrogen and oxygen atoms in total. The first-order chi connectivity index (χ1) is 9.63. The molecular weight excluding hydrogens is 254 g/mol. The number of aromatic nitrogens is 2. The number of benzene rings is 1. The lowest BCUT2D eigenvalue weighted by Crippen LogP contribution is -2.30. The van der Waals surface area contributed by atoms with Crippen LogP contribution in [0.1, 0.15) is 28.7 Å². The van der Waals surface area contributed by atoms with Crippen LogP contribution in [0, 0.1) is 6.92 Å². The van der Waals surface area contributed by atoms with Crippen LogP contribution in [0.4, 0.5) is 5.69 Å². The van der Waals surface area contributed by atoms with Crippen LogP contribution in [0.15, 0.2) is 30.6 Å². The number of ketones is 1. The van der Waals surface area contributed by atoms with E-state index in [0.717, 1.165) is 17.9 Å². The van der Waals surface area contributed by atoms with E-state index in [2.05, 4.69) is 4.98 Å². The number of para-hydroxylation sites is 1. The van der Waals surface area contributed by atoms with Crippen LogP contribution in [-0.2, 0) is 17.9 Å². The highest BCUT2D eigenvalue weighted by atomic mass is 16.2. The third kappa shape index (κ3) is 1.74. The average Bonchev–Trinajstić information content (AvgIpc) is 2.99. The summed E-state index contributed by atoms with van der Waals surface area (Å²) in [4.78, 5) is 30.0. The summed E-state index contributed by atoms with van der Waals surface area (Å²) in [5.41, 5.74) is 2.13. The van der Waals surface area contributed by atoms with E-state index in [-0.39, 0.29) is 0 Å². The number of imidazole rings is 1. The maximum absolute atomic E-state index is 12.2. The summed E-state index contributed by atoms with van der Waals surface area (Å²) in [5.74, 6) is -0.122. The van der Waals surface area contributed by atoms with Gasteiger partial charge >= 0.3 is 0 Å². The molecule has 1 aromatic carbocycles. The molecule has 3 rings (SSSR count). The lowest BCUT2D eigenvalue weighted by molar-refractivity contribution is -0.114. The van der Waals surface area contributed by atoms with Crippen LogP contribution in [0.3, 0.4) is 0 Å². The van der Waals surface area contributed by atoms with E-state index in [1.165, 1.54) is 4.90 Å². The van der Waals surface area contributed by atoms with Crippen molar-refractivity contribution in [3.8, 4) is 0 Å². The van der Waals surface area contributed by atoms with E-state index >= 15 is 0 Å². The zero-order chi connectivity index (χ0) is 14.3. The number of hydrogen-bond donors (Lipinski definition) is 0. The molecule has 0 fully saturated rings. The van der Waals surface area contributed by atoms with Crippen LogP contribution < -0.4 is 4.90 Å². The number of carbonyl (C=O) groups excluding carboxylic acids is 2. The fourth-order valence-corrected chi connectivity index (χ4v) is 2.61. The number of amides is 1.